The molecule has 2 aromatic rings. The molecule has 0 aliphatic carbocycles. The molecule has 0 aliphatic rings. The Morgan fingerprint density at radius 2 is 1.62 bits per heavy atom. The Bertz CT molecular complexity index is 558. The van der Waals surface area contributed by atoms with Crippen LogP contribution in [0.15, 0.2) is 54.6 Å². The molecule has 0 spiro atoms. The highest BCUT2D eigenvalue weighted by Gasteiger charge is 2.12. The van der Waals surface area contributed by atoms with Gasteiger partial charge in [-0.1, -0.05) is 61.5 Å². The first-order valence-corrected chi connectivity index (χ1v) is 7.43. The number of ether oxygens (including phenoxy) is 1. The van der Waals surface area contributed by atoms with Crippen molar-refractivity contribution >= 4 is 5.97 Å². The summed E-state index contributed by atoms with van der Waals surface area (Å²) < 4.78 is 4.74. The quantitative estimate of drug-likeness (QED) is 0.730. The molecule has 0 saturated carbocycles. The highest BCUT2D eigenvalue weighted by molar-refractivity contribution is 5.71. The van der Waals surface area contributed by atoms with Crippen molar-refractivity contribution < 1.29 is 9.53 Å². The summed E-state index contributed by atoms with van der Waals surface area (Å²) >= 11 is 0. The Balaban J connectivity index is 1.87. The SMILES string of the molecule is COC(=O)C(C)CCCc1ccc(-c2ccccc2)cc1. The van der Waals surface area contributed by atoms with E-state index in [2.05, 4.69) is 48.5 Å². The third kappa shape index (κ3) is 4.45. The first kappa shape index (κ1) is 15.3. The maximum absolute atomic E-state index is 11.3. The molecular weight excluding hydrogens is 260 g/mol. The van der Waals surface area contributed by atoms with Crippen LogP contribution in [0.1, 0.15) is 25.3 Å². The molecule has 2 rings (SSSR count). The van der Waals surface area contributed by atoms with Crippen molar-refractivity contribution in [2.45, 2.75) is 26.2 Å². The van der Waals surface area contributed by atoms with Gasteiger partial charge in [-0.05, 0) is 36.0 Å². The summed E-state index contributed by atoms with van der Waals surface area (Å²) in [6.45, 7) is 1.92. The van der Waals surface area contributed by atoms with Gasteiger partial charge in [0.05, 0.1) is 13.0 Å². The maximum Gasteiger partial charge on any atom is 0.308 e. The minimum Gasteiger partial charge on any atom is -0.469 e. The topological polar surface area (TPSA) is 26.3 Å². The monoisotopic (exact) mass is 282 g/mol. The van der Waals surface area contributed by atoms with E-state index in [0.29, 0.717) is 0 Å². The molecule has 110 valence electrons. The molecule has 0 aromatic heterocycles. The van der Waals surface area contributed by atoms with Gasteiger partial charge in [-0.15, -0.1) is 0 Å². The second-order valence-electron chi connectivity index (χ2n) is 5.38. The van der Waals surface area contributed by atoms with Gasteiger partial charge >= 0.3 is 5.97 Å². The van der Waals surface area contributed by atoms with Crippen molar-refractivity contribution in [3.05, 3.63) is 60.2 Å². The Morgan fingerprint density at radius 3 is 2.24 bits per heavy atom. The summed E-state index contributed by atoms with van der Waals surface area (Å²) in [5.41, 5.74) is 3.79. The van der Waals surface area contributed by atoms with E-state index in [1.54, 1.807) is 0 Å². The second-order valence-corrected chi connectivity index (χ2v) is 5.38. The van der Waals surface area contributed by atoms with E-state index in [1.165, 1.54) is 23.8 Å². The number of rotatable bonds is 6. The fourth-order valence-electron chi connectivity index (χ4n) is 2.43. The van der Waals surface area contributed by atoms with Crippen molar-refractivity contribution in [1.29, 1.82) is 0 Å². The van der Waals surface area contributed by atoms with Crippen molar-refractivity contribution in [2.24, 2.45) is 5.92 Å². The molecule has 0 saturated heterocycles. The first-order chi connectivity index (χ1) is 10.2. The number of carbonyl (C=O) groups excluding carboxylic acids is 1. The Labute approximate surface area is 126 Å². The van der Waals surface area contributed by atoms with Crippen LogP contribution in [0.4, 0.5) is 0 Å². The summed E-state index contributed by atoms with van der Waals surface area (Å²) in [6.07, 6.45) is 2.87. The summed E-state index contributed by atoms with van der Waals surface area (Å²) in [6, 6.07) is 19.0. The molecule has 1 unspecified atom stereocenters. The van der Waals surface area contributed by atoms with Gasteiger partial charge in [0.25, 0.3) is 0 Å². The van der Waals surface area contributed by atoms with Crippen LogP contribution in [-0.2, 0) is 16.0 Å². The van der Waals surface area contributed by atoms with Crippen molar-refractivity contribution in [3.63, 3.8) is 0 Å². The molecule has 0 radical (unpaired) electrons. The molecule has 0 N–H and O–H groups in total. The van der Waals surface area contributed by atoms with Crippen molar-refractivity contribution in [3.8, 4) is 11.1 Å². The highest BCUT2D eigenvalue weighted by atomic mass is 16.5. The summed E-state index contributed by atoms with van der Waals surface area (Å²) in [4.78, 5) is 11.3. The lowest BCUT2D eigenvalue weighted by Crippen LogP contribution is -2.12. The van der Waals surface area contributed by atoms with E-state index in [0.717, 1.165) is 19.3 Å². The maximum atomic E-state index is 11.3. The first-order valence-electron chi connectivity index (χ1n) is 7.43. The van der Waals surface area contributed by atoms with Crippen LogP contribution in [0.5, 0.6) is 0 Å². The van der Waals surface area contributed by atoms with Crippen molar-refractivity contribution in [1.82, 2.24) is 0 Å². The van der Waals surface area contributed by atoms with Gasteiger partial charge < -0.3 is 4.74 Å². The predicted molar refractivity (Wildman–Crippen MR) is 86.0 cm³/mol. The third-order valence-electron chi connectivity index (χ3n) is 3.77. The number of hydrogen-bond acceptors (Lipinski definition) is 2. The molecule has 0 amide bonds. The van der Waals surface area contributed by atoms with Gasteiger partial charge in [-0.3, -0.25) is 4.79 Å². The van der Waals surface area contributed by atoms with E-state index in [9.17, 15) is 4.79 Å². The zero-order valence-corrected chi connectivity index (χ0v) is 12.7. The molecule has 0 bridgehead atoms. The highest BCUT2D eigenvalue weighted by Crippen LogP contribution is 2.20. The number of methoxy groups -OCH3 is 1. The fraction of sp³-hybridized carbons (Fsp3) is 0.316. The van der Waals surface area contributed by atoms with Gasteiger partial charge in [0, 0.05) is 0 Å². The number of hydrogen-bond donors (Lipinski definition) is 0. The average Bonchev–Trinajstić information content (AvgIpc) is 2.55. The zero-order valence-electron chi connectivity index (χ0n) is 12.7. The van der Waals surface area contributed by atoms with Crippen LogP contribution in [-0.4, -0.2) is 13.1 Å². The van der Waals surface area contributed by atoms with E-state index < -0.39 is 0 Å². The van der Waals surface area contributed by atoms with Crippen LogP contribution in [0.25, 0.3) is 11.1 Å². The lowest BCUT2D eigenvalue weighted by atomic mass is 9.99. The summed E-state index contributed by atoms with van der Waals surface area (Å²) in [7, 11) is 1.45. The lowest BCUT2D eigenvalue weighted by molar-refractivity contribution is -0.145. The zero-order chi connectivity index (χ0) is 15.1. The molecule has 2 nitrogen and oxygen atoms in total. The Morgan fingerprint density at radius 1 is 1.00 bits per heavy atom. The second kappa shape index (κ2) is 7.63. The smallest absolute Gasteiger partial charge is 0.308 e. The number of aryl methyl sites for hydroxylation is 1. The van der Waals surface area contributed by atoms with E-state index >= 15 is 0 Å². The largest absolute Gasteiger partial charge is 0.469 e. The van der Waals surface area contributed by atoms with E-state index in [-0.39, 0.29) is 11.9 Å². The van der Waals surface area contributed by atoms with Crippen LogP contribution in [0.2, 0.25) is 0 Å². The molecular formula is C19H22O2. The van der Waals surface area contributed by atoms with Crippen LogP contribution < -0.4 is 0 Å². The van der Waals surface area contributed by atoms with E-state index in [1.807, 2.05) is 13.0 Å². The molecule has 2 heteroatoms. The molecule has 0 heterocycles. The van der Waals surface area contributed by atoms with Crippen molar-refractivity contribution in [2.75, 3.05) is 7.11 Å². The van der Waals surface area contributed by atoms with Crippen LogP contribution in [0.3, 0.4) is 0 Å². The van der Waals surface area contributed by atoms with E-state index in [4.69, 9.17) is 4.74 Å². The van der Waals surface area contributed by atoms with Gasteiger partial charge in [-0.25, -0.2) is 0 Å². The number of benzene rings is 2. The normalized spacial score (nSPS) is 11.9. The fourth-order valence-corrected chi connectivity index (χ4v) is 2.43. The number of carbonyl (C=O) groups is 1. The van der Waals surface area contributed by atoms with Gasteiger partial charge in [0.2, 0.25) is 0 Å². The average molecular weight is 282 g/mol. The molecule has 2 aromatic carbocycles. The summed E-state index contributed by atoms with van der Waals surface area (Å²) in [5.74, 6) is -0.131. The minimum atomic E-state index is -0.116. The Hall–Kier alpha value is -2.09. The predicted octanol–water partition coefficient (Wildman–Crippen LogP) is 4.49. The Kier molecular flexibility index (Phi) is 5.56. The van der Waals surface area contributed by atoms with Crippen LogP contribution >= 0.6 is 0 Å². The molecule has 1 atom stereocenters. The molecule has 21 heavy (non-hydrogen) atoms. The lowest BCUT2D eigenvalue weighted by Gasteiger charge is -2.09. The van der Waals surface area contributed by atoms with Gasteiger partial charge in [-0.2, -0.15) is 0 Å². The third-order valence-corrected chi connectivity index (χ3v) is 3.77. The minimum absolute atomic E-state index is 0.0152. The summed E-state index contributed by atoms with van der Waals surface area (Å²) in [5, 5.41) is 0. The standard InChI is InChI=1S/C19H22O2/c1-15(19(20)21-2)7-6-8-16-11-13-18(14-12-16)17-9-4-3-5-10-17/h3-5,9-15H,6-8H2,1-2H3. The molecule has 0 fully saturated rings. The van der Waals surface area contributed by atoms with Crippen LogP contribution in [0, 0.1) is 5.92 Å². The molecule has 0 aliphatic heterocycles. The van der Waals surface area contributed by atoms with Gasteiger partial charge in [0.1, 0.15) is 0 Å². The van der Waals surface area contributed by atoms with Gasteiger partial charge in [0.15, 0.2) is 0 Å². The number of esters is 1.